The van der Waals surface area contributed by atoms with E-state index < -0.39 is 6.10 Å². The Kier molecular flexibility index (Phi) is 4.73. The van der Waals surface area contributed by atoms with Gasteiger partial charge >= 0.3 is 0 Å². The molecular formula is C14H14FNO4. The largest absolute Gasteiger partial charge is 0.484 e. The molecule has 1 aromatic heterocycles. The van der Waals surface area contributed by atoms with Crippen LogP contribution in [0.5, 0.6) is 5.75 Å². The summed E-state index contributed by atoms with van der Waals surface area (Å²) in [5, 5.41) is 12.2. The minimum atomic E-state index is -0.830. The van der Waals surface area contributed by atoms with Gasteiger partial charge in [0.2, 0.25) is 0 Å². The molecule has 0 saturated heterocycles. The maximum absolute atomic E-state index is 12.7. The van der Waals surface area contributed by atoms with Gasteiger partial charge in [0.1, 0.15) is 11.6 Å². The van der Waals surface area contributed by atoms with Crippen LogP contribution in [0.25, 0.3) is 0 Å². The van der Waals surface area contributed by atoms with E-state index in [1.807, 2.05) is 0 Å². The van der Waals surface area contributed by atoms with Crippen LogP contribution < -0.4 is 10.1 Å². The van der Waals surface area contributed by atoms with Gasteiger partial charge in [0.15, 0.2) is 6.61 Å². The third kappa shape index (κ3) is 4.10. The Balaban J connectivity index is 1.71. The summed E-state index contributed by atoms with van der Waals surface area (Å²) in [6.07, 6.45) is 2.02. The normalized spacial score (nSPS) is 11.9. The zero-order valence-electron chi connectivity index (χ0n) is 10.6. The highest BCUT2D eigenvalue weighted by atomic mass is 19.1. The van der Waals surface area contributed by atoms with Crippen molar-refractivity contribution in [2.45, 2.75) is 6.10 Å². The Bertz CT molecular complexity index is 539. The van der Waals surface area contributed by atoms with Gasteiger partial charge in [-0.3, -0.25) is 4.79 Å². The van der Waals surface area contributed by atoms with E-state index in [-0.39, 0.29) is 24.9 Å². The molecule has 6 heteroatoms. The summed E-state index contributed by atoms with van der Waals surface area (Å²) in [4.78, 5) is 11.5. The molecule has 1 unspecified atom stereocenters. The molecule has 5 nitrogen and oxygen atoms in total. The summed E-state index contributed by atoms with van der Waals surface area (Å²) < 4.78 is 22.7. The number of carbonyl (C=O) groups is 1. The van der Waals surface area contributed by atoms with Crippen molar-refractivity contribution in [1.82, 2.24) is 5.32 Å². The van der Waals surface area contributed by atoms with Crippen molar-refractivity contribution in [3.8, 4) is 5.75 Å². The number of ether oxygens (including phenoxy) is 1. The number of carbonyl (C=O) groups excluding carboxylic acids is 1. The van der Waals surface area contributed by atoms with Crippen molar-refractivity contribution >= 4 is 5.91 Å². The van der Waals surface area contributed by atoms with Crippen molar-refractivity contribution in [2.75, 3.05) is 13.2 Å². The maximum Gasteiger partial charge on any atom is 0.258 e. The number of hydrogen-bond acceptors (Lipinski definition) is 4. The van der Waals surface area contributed by atoms with E-state index in [0.717, 1.165) is 0 Å². The lowest BCUT2D eigenvalue weighted by Crippen LogP contribution is -2.32. The topological polar surface area (TPSA) is 71.7 Å². The van der Waals surface area contributed by atoms with Crippen molar-refractivity contribution < 1.29 is 23.4 Å². The lowest BCUT2D eigenvalue weighted by atomic mass is 10.2. The summed E-state index contributed by atoms with van der Waals surface area (Å²) in [5.74, 6) is -0.348. The standard InChI is InChI=1S/C14H14FNO4/c15-11-1-3-12(4-2-11)20-9-14(18)16-7-13(17)10-5-6-19-8-10/h1-6,8,13,17H,7,9H2,(H,16,18). The second kappa shape index (κ2) is 6.72. The van der Waals surface area contributed by atoms with Gasteiger partial charge in [0.25, 0.3) is 5.91 Å². The van der Waals surface area contributed by atoms with E-state index in [2.05, 4.69) is 5.32 Å². The monoisotopic (exact) mass is 279 g/mol. The number of rotatable bonds is 6. The van der Waals surface area contributed by atoms with Crippen LogP contribution in [0.3, 0.4) is 0 Å². The molecule has 0 bridgehead atoms. The molecule has 0 saturated carbocycles. The number of benzene rings is 1. The minimum absolute atomic E-state index is 0.0607. The van der Waals surface area contributed by atoms with E-state index in [0.29, 0.717) is 11.3 Å². The molecular weight excluding hydrogens is 265 g/mol. The maximum atomic E-state index is 12.7. The molecule has 1 amide bonds. The summed E-state index contributed by atoms with van der Waals surface area (Å²) in [7, 11) is 0. The van der Waals surface area contributed by atoms with Crippen LogP contribution in [-0.2, 0) is 4.79 Å². The van der Waals surface area contributed by atoms with Crippen LogP contribution in [0, 0.1) is 5.82 Å². The van der Waals surface area contributed by atoms with E-state index in [9.17, 15) is 14.3 Å². The Morgan fingerprint density at radius 2 is 2.10 bits per heavy atom. The number of nitrogens with one attached hydrogen (secondary N) is 1. The SMILES string of the molecule is O=C(COc1ccc(F)cc1)NCC(O)c1ccoc1. The van der Waals surface area contributed by atoms with Gasteiger partial charge < -0.3 is 19.6 Å². The highest BCUT2D eigenvalue weighted by Gasteiger charge is 2.10. The number of halogens is 1. The van der Waals surface area contributed by atoms with E-state index in [4.69, 9.17) is 9.15 Å². The van der Waals surface area contributed by atoms with E-state index in [1.165, 1.54) is 36.8 Å². The number of amides is 1. The molecule has 0 aliphatic rings. The molecule has 0 radical (unpaired) electrons. The lowest BCUT2D eigenvalue weighted by molar-refractivity contribution is -0.123. The molecule has 2 aromatic rings. The van der Waals surface area contributed by atoms with Gasteiger partial charge in [-0.2, -0.15) is 0 Å². The fraction of sp³-hybridized carbons (Fsp3) is 0.214. The first-order chi connectivity index (χ1) is 9.65. The minimum Gasteiger partial charge on any atom is -0.484 e. The molecule has 0 aliphatic heterocycles. The van der Waals surface area contributed by atoms with E-state index in [1.54, 1.807) is 6.07 Å². The Hall–Kier alpha value is -2.34. The quantitative estimate of drug-likeness (QED) is 0.843. The highest BCUT2D eigenvalue weighted by Crippen LogP contribution is 2.12. The van der Waals surface area contributed by atoms with Gasteiger partial charge in [0.05, 0.1) is 18.6 Å². The van der Waals surface area contributed by atoms with E-state index >= 15 is 0 Å². The van der Waals surface area contributed by atoms with Gasteiger partial charge in [0, 0.05) is 12.1 Å². The molecule has 0 spiro atoms. The average molecular weight is 279 g/mol. The van der Waals surface area contributed by atoms with Gasteiger partial charge in [-0.15, -0.1) is 0 Å². The molecule has 1 aromatic carbocycles. The molecule has 0 aliphatic carbocycles. The summed E-state index contributed by atoms with van der Waals surface area (Å²) in [5.41, 5.74) is 0.588. The van der Waals surface area contributed by atoms with Crippen molar-refractivity contribution in [3.05, 3.63) is 54.2 Å². The predicted molar refractivity (Wildman–Crippen MR) is 68.6 cm³/mol. The summed E-state index contributed by atoms with van der Waals surface area (Å²) in [6, 6.07) is 6.98. The Morgan fingerprint density at radius 3 is 2.75 bits per heavy atom. The first kappa shape index (κ1) is 14.1. The number of furan rings is 1. The molecule has 0 fully saturated rings. The highest BCUT2D eigenvalue weighted by molar-refractivity contribution is 5.77. The predicted octanol–water partition coefficient (Wildman–Crippen LogP) is 1.65. The van der Waals surface area contributed by atoms with Crippen LogP contribution in [0.15, 0.2) is 47.3 Å². The van der Waals surface area contributed by atoms with Crippen molar-refractivity contribution in [2.24, 2.45) is 0 Å². The molecule has 1 heterocycles. The zero-order chi connectivity index (χ0) is 14.4. The van der Waals surface area contributed by atoms with Gasteiger partial charge in [-0.25, -0.2) is 4.39 Å². The summed E-state index contributed by atoms with van der Waals surface area (Å²) >= 11 is 0. The first-order valence-corrected chi connectivity index (χ1v) is 6.00. The third-order valence-corrected chi connectivity index (χ3v) is 2.60. The van der Waals surface area contributed by atoms with Crippen LogP contribution in [0.4, 0.5) is 4.39 Å². The fourth-order valence-electron chi connectivity index (χ4n) is 1.52. The van der Waals surface area contributed by atoms with Crippen molar-refractivity contribution in [1.29, 1.82) is 0 Å². The first-order valence-electron chi connectivity index (χ1n) is 6.00. The zero-order valence-corrected chi connectivity index (χ0v) is 10.6. The lowest BCUT2D eigenvalue weighted by Gasteiger charge is -2.10. The Morgan fingerprint density at radius 1 is 1.35 bits per heavy atom. The fourth-order valence-corrected chi connectivity index (χ4v) is 1.52. The van der Waals surface area contributed by atoms with Crippen LogP contribution in [0.1, 0.15) is 11.7 Å². The number of aliphatic hydroxyl groups excluding tert-OH is 1. The third-order valence-electron chi connectivity index (χ3n) is 2.60. The van der Waals surface area contributed by atoms with Crippen LogP contribution >= 0.6 is 0 Å². The average Bonchev–Trinajstić information content (AvgIpc) is 2.98. The van der Waals surface area contributed by atoms with Crippen molar-refractivity contribution in [3.63, 3.8) is 0 Å². The Labute approximate surface area is 115 Å². The second-order valence-corrected chi connectivity index (χ2v) is 4.12. The summed E-state index contributed by atoms with van der Waals surface area (Å²) in [6.45, 7) is -0.144. The van der Waals surface area contributed by atoms with Gasteiger partial charge in [-0.05, 0) is 30.3 Å². The molecule has 2 rings (SSSR count). The van der Waals surface area contributed by atoms with Crippen LogP contribution in [0.2, 0.25) is 0 Å². The molecule has 1 atom stereocenters. The van der Waals surface area contributed by atoms with Gasteiger partial charge in [-0.1, -0.05) is 0 Å². The second-order valence-electron chi connectivity index (χ2n) is 4.12. The number of aliphatic hydroxyl groups is 1. The molecule has 2 N–H and O–H groups in total. The molecule has 20 heavy (non-hydrogen) atoms. The number of hydrogen-bond donors (Lipinski definition) is 2. The smallest absolute Gasteiger partial charge is 0.258 e. The van der Waals surface area contributed by atoms with Crippen LogP contribution in [-0.4, -0.2) is 24.2 Å². The molecule has 106 valence electrons.